The molecular weight excluding hydrogens is 475 g/mol. The van der Waals surface area contributed by atoms with Gasteiger partial charge in [0.25, 0.3) is 11.8 Å². The van der Waals surface area contributed by atoms with Crippen LogP contribution < -0.4 is 10.2 Å². The summed E-state index contributed by atoms with van der Waals surface area (Å²) in [4.78, 5) is 57.2. The molecule has 2 saturated heterocycles. The van der Waals surface area contributed by atoms with Crippen molar-refractivity contribution < 1.29 is 23.6 Å². The van der Waals surface area contributed by atoms with E-state index in [1.165, 1.54) is 13.1 Å². The standard InChI is InChI=1S/C28H33FN4O4/c1-5-18(2)23(30-24(34)21-13-9-10-19(3)22(21)29)25(35)32-16-14-28(15-17-32)26(36)31(4)27(37)33(28)20-11-7-6-8-12-20/h6-13,18,23H,5,14-17H2,1-4H3,(H,30,34). The molecule has 8 nitrogen and oxygen atoms in total. The lowest BCUT2D eigenvalue weighted by Crippen LogP contribution is -2.60. The first-order valence-corrected chi connectivity index (χ1v) is 12.6. The van der Waals surface area contributed by atoms with Crippen LogP contribution in [0.2, 0.25) is 0 Å². The van der Waals surface area contributed by atoms with Gasteiger partial charge in [-0.2, -0.15) is 0 Å². The zero-order chi connectivity index (χ0) is 26.9. The largest absolute Gasteiger partial charge is 0.341 e. The van der Waals surface area contributed by atoms with Crippen molar-refractivity contribution in [3.05, 3.63) is 65.5 Å². The number of halogens is 1. The van der Waals surface area contributed by atoms with E-state index in [0.717, 1.165) is 4.90 Å². The summed E-state index contributed by atoms with van der Waals surface area (Å²) < 4.78 is 14.6. The maximum Gasteiger partial charge on any atom is 0.331 e. The summed E-state index contributed by atoms with van der Waals surface area (Å²) in [5, 5.41) is 2.76. The summed E-state index contributed by atoms with van der Waals surface area (Å²) in [5.41, 5.74) is -0.182. The second-order valence-corrected chi connectivity index (χ2v) is 9.95. The van der Waals surface area contributed by atoms with Gasteiger partial charge in [-0.1, -0.05) is 50.6 Å². The number of likely N-dealkylation sites (tertiary alicyclic amines) is 1. The minimum Gasteiger partial charge on any atom is -0.341 e. The van der Waals surface area contributed by atoms with E-state index in [1.807, 2.05) is 32.0 Å². The molecule has 0 radical (unpaired) electrons. The predicted octanol–water partition coefficient (Wildman–Crippen LogP) is 3.74. The molecule has 0 aromatic heterocycles. The lowest BCUT2D eigenvalue weighted by Gasteiger charge is -2.43. The van der Waals surface area contributed by atoms with Crippen LogP contribution in [0.25, 0.3) is 0 Å². The molecule has 1 spiro atoms. The molecule has 2 aliphatic rings. The Morgan fingerprint density at radius 2 is 1.70 bits per heavy atom. The Morgan fingerprint density at radius 3 is 2.32 bits per heavy atom. The van der Waals surface area contributed by atoms with E-state index < -0.39 is 23.3 Å². The number of aryl methyl sites for hydroxylation is 1. The number of anilines is 1. The molecule has 5 amide bonds. The lowest BCUT2D eigenvalue weighted by atomic mass is 9.84. The average Bonchev–Trinajstić information content (AvgIpc) is 3.09. The number of hydrogen-bond donors (Lipinski definition) is 1. The molecule has 37 heavy (non-hydrogen) atoms. The molecule has 0 aliphatic carbocycles. The van der Waals surface area contributed by atoms with Crippen molar-refractivity contribution in [2.75, 3.05) is 25.0 Å². The number of imide groups is 1. The molecule has 1 N–H and O–H groups in total. The Labute approximate surface area is 216 Å². The highest BCUT2D eigenvalue weighted by Gasteiger charge is 2.58. The first-order chi connectivity index (χ1) is 17.6. The molecule has 4 rings (SSSR count). The van der Waals surface area contributed by atoms with Gasteiger partial charge in [0.2, 0.25) is 5.91 Å². The minimum atomic E-state index is -1.07. The number of benzene rings is 2. The Morgan fingerprint density at radius 1 is 1.05 bits per heavy atom. The number of likely N-dealkylation sites (N-methyl/N-ethyl adjacent to an activating group) is 1. The fourth-order valence-corrected chi connectivity index (χ4v) is 5.22. The van der Waals surface area contributed by atoms with Gasteiger partial charge in [0.1, 0.15) is 17.4 Å². The monoisotopic (exact) mass is 508 g/mol. The molecule has 9 heteroatoms. The van der Waals surface area contributed by atoms with Crippen LogP contribution in [0.3, 0.4) is 0 Å². The Hall–Kier alpha value is -3.75. The third-order valence-corrected chi connectivity index (χ3v) is 7.73. The zero-order valence-corrected chi connectivity index (χ0v) is 21.7. The van der Waals surface area contributed by atoms with Crippen molar-refractivity contribution in [2.24, 2.45) is 5.92 Å². The average molecular weight is 509 g/mol. The smallest absolute Gasteiger partial charge is 0.331 e. The van der Waals surface area contributed by atoms with Crippen molar-refractivity contribution in [3.8, 4) is 0 Å². The van der Waals surface area contributed by atoms with E-state index in [0.29, 0.717) is 17.7 Å². The summed E-state index contributed by atoms with van der Waals surface area (Å²) in [6, 6.07) is 12.4. The summed E-state index contributed by atoms with van der Waals surface area (Å²) in [6.45, 7) is 5.86. The van der Waals surface area contributed by atoms with Crippen LogP contribution in [0.1, 0.15) is 49.0 Å². The van der Waals surface area contributed by atoms with Crippen LogP contribution in [0.15, 0.2) is 48.5 Å². The number of para-hydroxylation sites is 1. The molecule has 2 aromatic carbocycles. The van der Waals surface area contributed by atoms with Gasteiger partial charge in [0.15, 0.2) is 0 Å². The second-order valence-electron chi connectivity index (χ2n) is 9.95. The first-order valence-electron chi connectivity index (χ1n) is 12.6. The molecule has 2 aliphatic heterocycles. The van der Waals surface area contributed by atoms with E-state index in [9.17, 15) is 23.6 Å². The van der Waals surface area contributed by atoms with Gasteiger partial charge in [-0.05, 0) is 49.4 Å². The summed E-state index contributed by atoms with van der Waals surface area (Å²) in [7, 11) is 1.48. The number of nitrogens with zero attached hydrogens (tertiary/aromatic N) is 3. The molecule has 2 atom stereocenters. The normalized spacial score (nSPS) is 18.8. The number of carbonyl (C=O) groups excluding carboxylic acids is 4. The highest BCUT2D eigenvalue weighted by molar-refractivity contribution is 6.16. The van der Waals surface area contributed by atoms with Crippen LogP contribution in [0, 0.1) is 18.7 Å². The number of hydrogen-bond acceptors (Lipinski definition) is 4. The topological polar surface area (TPSA) is 90.0 Å². The van der Waals surface area contributed by atoms with Crippen molar-refractivity contribution >= 4 is 29.4 Å². The number of nitrogens with one attached hydrogen (secondary N) is 1. The highest BCUT2D eigenvalue weighted by Crippen LogP contribution is 2.40. The van der Waals surface area contributed by atoms with Gasteiger partial charge < -0.3 is 10.2 Å². The zero-order valence-electron chi connectivity index (χ0n) is 21.7. The van der Waals surface area contributed by atoms with Crippen molar-refractivity contribution in [3.63, 3.8) is 0 Å². The molecule has 2 aromatic rings. The molecule has 2 unspecified atom stereocenters. The van der Waals surface area contributed by atoms with Gasteiger partial charge in [-0.15, -0.1) is 0 Å². The van der Waals surface area contributed by atoms with E-state index >= 15 is 0 Å². The van der Waals surface area contributed by atoms with Gasteiger partial charge >= 0.3 is 6.03 Å². The maximum absolute atomic E-state index is 14.6. The predicted molar refractivity (Wildman–Crippen MR) is 137 cm³/mol. The summed E-state index contributed by atoms with van der Waals surface area (Å²) in [5.74, 6) is -1.99. The van der Waals surface area contributed by atoms with Crippen LogP contribution >= 0.6 is 0 Å². The van der Waals surface area contributed by atoms with E-state index in [-0.39, 0.29) is 55.3 Å². The second kappa shape index (κ2) is 10.3. The third-order valence-electron chi connectivity index (χ3n) is 7.73. The van der Waals surface area contributed by atoms with Gasteiger partial charge in [-0.25, -0.2) is 9.18 Å². The van der Waals surface area contributed by atoms with E-state index in [1.54, 1.807) is 41.0 Å². The van der Waals surface area contributed by atoms with Gasteiger partial charge in [0.05, 0.1) is 5.56 Å². The van der Waals surface area contributed by atoms with Crippen LogP contribution in [-0.4, -0.2) is 65.3 Å². The first kappa shape index (κ1) is 26.3. The number of amides is 5. The Bertz CT molecular complexity index is 1210. The van der Waals surface area contributed by atoms with Crippen LogP contribution in [0.4, 0.5) is 14.9 Å². The Balaban J connectivity index is 1.54. The molecular formula is C28H33FN4O4. The number of carbonyl (C=O) groups is 4. The maximum atomic E-state index is 14.6. The quantitative estimate of drug-likeness (QED) is 0.602. The Kier molecular flexibility index (Phi) is 7.34. The van der Waals surface area contributed by atoms with E-state index in [2.05, 4.69) is 5.32 Å². The molecule has 2 heterocycles. The van der Waals surface area contributed by atoms with Gasteiger partial charge in [0, 0.05) is 25.8 Å². The summed E-state index contributed by atoms with van der Waals surface area (Å²) in [6.07, 6.45) is 1.18. The van der Waals surface area contributed by atoms with E-state index in [4.69, 9.17) is 0 Å². The number of rotatable bonds is 6. The molecule has 0 saturated carbocycles. The highest BCUT2D eigenvalue weighted by atomic mass is 19.1. The third kappa shape index (κ3) is 4.58. The fourth-order valence-electron chi connectivity index (χ4n) is 5.22. The van der Waals surface area contributed by atoms with Crippen LogP contribution in [-0.2, 0) is 9.59 Å². The summed E-state index contributed by atoms with van der Waals surface area (Å²) >= 11 is 0. The van der Waals surface area contributed by atoms with Crippen molar-refractivity contribution in [1.29, 1.82) is 0 Å². The fraction of sp³-hybridized carbons (Fsp3) is 0.429. The SMILES string of the molecule is CCC(C)C(NC(=O)c1cccc(C)c1F)C(=O)N1CCC2(CC1)C(=O)N(C)C(=O)N2c1ccccc1. The molecule has 0 bridgehead atoms. The number of piperidine rings is 1. The molecule has 2 fully saturated rings. The number of urea groups is 1. The van der Waals surface area contributed by atoms with Crippen LogP contribution in [0.5, 0.6) is 0 Å². The van der Waals surface area contributed by atoms with Gasteiger partial charge in [-0.3, -0.25) is 24.2 Å². The van der Waals surface area contributed by atoms with Crippen molar-refractivity contribution in [2.45, 2.75) is 51.6 Å². The minimum absolute atomic E-state index is 0.102. The molecule has 196 valence electrons. The lowest BCUT2D eigenvalue weighted by molar-refractivity contribution is -0.139. The van der Waals surface area contributed by atoms with Crippen molar-refractivity contribution in [1.82, 2.24) is 15.1 Å².